The van der Waals surface area contributed by atoms with Crippen LogP contribution in [0.25, 0.3) is 6.08 Å². The SMILES string of the molecule is COC(=O)CNC(=O)CNC(=O)/C(C#N)=C/c1ccc(O)c(O)c1. The molecular formula is C15H15N3O6. The number of ether oxygens (including phenoxy) is 1. The average molecular weight is 333 g/mol. The lowest BCUT2D eigenvalue weighted by molar-refractivity contribution is -0.141. The maximum atomic E-state index is 11.8. The van der Waals surface area contributed by atoms with E-state index in [0.29, 0.717) is 5.56 Å². The molecule has 4 N–H and O–H groups in total. The Hall–Kier alpha value is -3.54. The number of methoxy groups -OCH3 is 1. The second-order valence-corrected chi connectivity index (χ2v) is 4.45. The van der Waals surface area contributed by atoms with Gasteiger partial charge < -0.3 is 25.6 Å². The largest absolute Gasteiger partial charge is 0.504 e. The highest BCUT2D eigenvalue weighted by atomic mass is 16.5. The zero-order chi connectivity index (χ0) is 18.1. The molecule has 1 rings (SSSR count). The zero-order valence-electron chi connectivity index (χ0n) is 12.7. The van der Waals surface area contributed by atoms with E-state index in [1.54, 1.807) is 6.07 Å². The van der Waals surface area contributed by atoms with Crippen molar-refractivity contribution < 1.29 is 29.3 Å². The van der Waals surface area contributed by atoms with Gasteiger partial charge in [0.1, 0.15) is 18.2 Å². The third kappa shape index (κ3) is 5.69. The van der Waals surface area contributed by atoms with Crippen LogP contribution in [0.15, 0.2) is 23.8 Å². The van der Waals surface area contributed by atoms with Crippen molar-refractivity contribution in [1.29, 1.82) is 5.26 Å². The first-order valence-corrected chi connectivity index (χ1v) is 6.63. The number of hydrogen-bond acceptors (Lipinski definition) is 7. The third-order valence-electron chi connectivity index (χ3n) is 2.74. The van der Waals surface area contributed by atoms with Crippen molar-refractivity contribution in [2.75, 3.05) is 20.2 Å². The quantitative estimate of drug-likeness (QED) is 0.235. The van der Waals surface area contributed by atoms with E-state index in [1.165, 1.54) is 31.4 Å². The summed E-state index contributed by atoms with van der Waals surface area (Å²) in [4.78, 5) is 34.1. The van der Waals surface area contributed by atoms with E-state index in [-0.39, 0.29) is 17.9 Å². The van der Waals surface area contributed by atoms with Crippen LogP contribution in [0.3, 0.4) is 0 Å². The molecule has 0 spiro atoms. The van der Waals surface area contributed by atoms with Gasteiger partial charge in [-0.1, -0.05) is 6.07 Å². The predicted octanol–water partition coefficient (Wildman–Crippen LogP) is -0.590. The molecule has 1 aromatic rings. The van der Waals surface area contributed by atoms with E-state index in [9.17, 15) is 24.6 Å². The number of benzene rings is 1. The maximum absolute atomic E-state index is 11.8. The summed E-state index contributed by atoms with van der Waals surface area (Å²) in [6, 6.07) is 5.43. The number of nitrogens with one attached hydrogen (secondary N) is 2. The molecule has 0 fully saturated rings. The van der Waals surface area contributed by atoms with Gasteiger partial charge in [-0.3, -0.25) is 14.4 Å². The molecule has 0 radical (unpaired) electrons. The molecule has 9 nitrogen and oxygen atoms in total. The van der Waals surface area contributed by atoms with Gasteiger partial charge in [0.05, 0.1) is 13.7 Å². The summed E-state index contributed by atoms with van der Waals surface area (Å²) >= 11 is 0. The molecule has 0 aliphatic rings. The summed E-state index contributed by atoms with van der Waals surface area (Å²) < 4.78 is 4.33. The first kappa shape index (κ1) is 18.5. The van der Waals surface area contributed by atoms with Gasteiger partial charge in [0.2, 0.25) is 5.91 Å². The fraction of sp³-hybridized carbons (Fsp3) is 0.200. The van der Waals surface area contributed by atoms with Crippen LogP contribution >= 0.6 is 0 Å². The van der Waals surface area contributed by atoms with Crippen LogP contribution in [-0.4, -0.2) is 48.2 Å². The lowest BCUT2D eigenvalue weighted by Crippen LogP contribution is -2.39. The molecule has 0 saturated heterocycles. The number of nitrogens with zero attached hydrogens (tertiary/aromatic N) is 1. The number of nitriles is 1. The van der Waals surface area contributed by atoms with Gasteiger partial charge in [-0.2, -0.15) is 5.26 Å². The molecule has 0 bridgehead atoms. The average Bonchev–Trinajstić information content (AvgIpc) is 2.58. The Morgan fingerprint density at radius 2 is 1.92 bits per heavy atom. The fourth-order valence-corrected chi connectivity index (χ4v) is 1.51. The van der Waals surface area contributed by atoms with Crippen LogP contribution in [-0.2, 0) is 19.1 Å². The summed E-state index contributed by atoms with van der Waals surface area (Å²) in [7, 11) is 1.17. The Morgan fingerprint density at radius 1 is 1.21 bits per heavy atom. The number of hydrogen-bond donors (Lipinski definition) is 4. The highest BCUT2D eigenvalue weighted by Gasteiger charge is 2.12. The molecule has 0 aliphatic heterocycles. The van der Waals surface area contributed by atoms with Crippen LogP contribution in [0.5, 0.6) is 11.5 Å². The first-order chi connectivity index (χ1) is 11.4. The zero-order valence-corrected chi connectivity index (χ0v) is 12.7. The number of carbonyl (C=O) groups excluding carboxylic acids is 3. The van der Waals surface area contributed by atoms with E-state index in [2.05, 4.69) is 15.4 Å². The molecule has 0 saturated carbocycles. The smallest absolute Gasteiger partial charge is 0.325 e. The van der Waals surface area contributed by atoms with Crippen LogP contribution in [0, 0.1) is 11.3 Å². The number of phenols is 2. The van der Waals surface area contributed by atoms with Gasteiger partial charge in [-0.05, 0) is 23.8 Å². The molecule has 126 valence electrons. The number of esters is 1. The molecule has 2 amide bonds. The van der Waals surface area contributed by atoms with E-state index >= 15 is 0 Å². The normalized spacial score (nSPS) is 10.4. The standard InChI is InChI=1S/C15H15N3O6/c1-24-14(22)8-17-13(21)7-18-15(23)10(6-16)4-9-2-3-11(19)12(20)5-9/h2-5,19-20H,7-8H2,1H3,(H,17,21)(H,18,23)/b10-4+. The first-order valence-electron chi connectivity index (χ1n) is 6.63. The molecule has 0 aliphatic carbocycles. The molecule has 0 atom stereocenters. The summed E-state index contributed by atoms with van der Waals surface area (Å²) in [5, 5.41) is 32.0. The number of aromatic hydroxyl groups is 2. The number of carbonyl (C=O) groups is 3. The van der Waals surface area contributed by atoms with Gasteiger partial charge >= 0.3 is 5.97 Å². The highest BCUT2D eigenvalue weighted by molar-refractivity contribution is 6.03. The van der Waals surface area contributed by atoms with Gasteiger partial charge in [0.25, 0.3) is 5.91 Å². The van der Waals surface area contributed by atoms with Crippen molar-refractivity contribution in [2.45, 2.75) is 0 Å². The lowest BCUT2D eigenvalue weighted by Gasteiger charge is -2.06. The van der Waals surface area contributed by atoms with Crippen molar-refractivity contribution >= 4 is 23.9 Å². The van der Waals surface area contributed by atoms with Crippen molar-refractivity contribution in [2.24, 2.45) is 0 Å². The van der Waals surface area contributed by atoms with Gasteiger partial charge in [-0.25, -0.2) is 0 Å². The van der Waals surface area contributed by atoms with Gasteiger partial charge in [0, 0.05) is 0 Å². The van der Waals surface area contributed by atoms with E-state index in [0.717, 1.165) is 0 Å². The summed E-state index contributed by atoms with van der Waals surface area (Å²) in [5.74, 6) is -2.81. The van der Waals surface area contributed by atoms with Gasteiger partial charge in [-0.15, -0.1) is 0 Å². The molecule has 0 unspecified atom stereocenters. The number of amides is 2. The second-order valence-electron chi connectivity index (χ2n) is 4.45. The maximum Gasteiger partial charge on any atom is 0.325 e. The van der Waals surface area contributed by atoms with E-state index in [1.807, 2.05) is 0 Å². The van der Waals surface area contributed by atoms with Crippen molar-refractivity contribution in [3.8, 4) is 17.6 Å². The van der Waals surface area contributed by atoms with Crippen molar-refractivity contribution in [3.63, 3.8) is 0 Å². The Bertz CT molecular complexity index is 720. The Kier molecular flexibility index (Phi) is 6.78. The summed E-state index contributed by atoms with van der Waals surface area (Å²) in [6.45, 7) is -0.769. The van der Waals surface area contributed by atoms with E-state index < -0.39 is 30.1 Å². The summed E-state index contributed by atoms with van der Waals surface area (Å²) in [6.07, 6.45) is 1.18. The third-order valence-corrected chi connectivity index (χ3v) is 2.74. The Labute approximate surface area is 137 Å². The van der Waals surface area contributed by atoms with Crippen molar-refractivity contribution in [3.05, 3.63) is 29.3 Å². The minimum Gasteiger partial charge on any atom is -0.504 e. The fourth-order valence-electron chi connectivity index (χ4n) is 1.51. The van der Waals surface area contributed by atoms with Crippen LogP contribution < -0.4 is 10.6 Å². The second kappa shape index (κ2) is 8.79. The molecule has 1 aromatic carbocycles. The highest BCUT2D eigenvalue weighted by Crippen LogP contribution is 2.25. The predicted molar refractivity (Wildman–Crippen MR) is 81.4 cm³/mol. The Balaban J connectivity index is 2.65. The van der Waals surface area contributed by atoms with Crippen LogP contribution in [0.4, 0.5) is 0 Å². The number of rotatable bonds is 6. The molecular weight excluding hydrogens is 318 g/mol. The van der Waals surface area contributed by atoms with Gasteiger partial charge in [0.15, 0.2) is 11.5 Å². The topological polar surface area (TPSA) is 149 Å². The molecule has 9 heteroatoms. The van der Waals surface area contributed by atoms with E-state index in [4.69, 9.17) is 5.26 Å². The molecule has 0 aromatic heterocycles. The molecule has 0 heterocycles. The number of phenolic OH excluding ortho intramolecular Hbond substituents is 2. The summed E-state index contributed by atoms with van der Waals surface area (Å²) in [5.41, 5.74) is 0.00741. The minimum atomic E-state index is -0.807. The van der Waals surface area contributed by atoms with Crippen LogP contribution in [0.1, 0.15) is 5.56 Å². The molecule has 24 heavy (non-hydrogen) atoms. The van der Waals surface area contributed by atoms with Crippen molar-refractivity contribution in [1.82, 2.24) is 10.6 Å². The minimum absolute atomic E-state index is 0.305. The monoisotopic (exact) mass is 333 g/mol. The van der Waals surface area contributed by atoms with Crippen LogP contribution in [0.2, 0.25) is 0 Å². The Morgan fingerprint density at radius 3 is 2.50 bits per heavy atom. The lowest BCUT2D eigenvalue weighted by atomic mass is 10.1.